The number of ketones is 1. The molecule has 1 atom stereocenters. The van der Waals surface area contributed by atoms with E-state index >= 15 is 0 Å². The number of methoxy groups -OCH3 is 2. The van der Waals surface area contributed by atoms with Crippen LogP contribution < -0.4 is 24.0 Å². The number of aryl methyl sites for hydroxylation is 1. The van der Waals surface area contributed by atoms with E-state index in [2.05, 4.69) is 0 Å². The Hall–Kier alpha value is -4.46. The van der Waals surface area contributed by atoms with Gasteiger partial charge in [0.15, 0.2) is 11.5 Å². The number of carbonyl (C=O) groups excluding carboxylic acids is 2. The molecule has 8 heteroatoms. The number of Topliss-reactive ketones (excluding diaryl/α,β-unsaturated/α-hetero) is 1. The molecular weight excluding hydrogens is 496 g/mol. The number of carbonyl (C=O) groups is 2. The van der Waals surface area contributed by atoms with E-state index in [0.717, 1.165) is 17.7 Å². The summed E-state index contributed by atoms with van der Waals surface area (Å²) in [4.78, 5) is 30.4. The average molecular weight is 531 g/mol. The lowest BCUT2D eigenvalue weighted by atomic mass is 9.94. The molecule has 0 radical (unpaired) electrons. The molecule has 1 saturated heterocycles. The van der Waals surface area contributed by atoms with Crippen LogP contribution in [0.5, 0.6) is 17.2 Å². The summed E-state index contributed by atoms with van der Waals surface area (Å²) in [6, 6.07) is 16.8. The SMILES string of the molecule is CCCOc1ccc(/C(O)=C2/C(=O)C(=O)N(c3ccc(N(C)C)cc3)C2c2ccc(OC)c(OC)c2)cc1C. The number of rotatable bonds is 9. The third-order valence-corrected chi connectivity index (χ3v) is 6.72. The first-order chi connectivity index (χ1) is 18.7. The van der Waals surface area contributed by atoms with Crippen molar-refractivity contribution in [3.8, 4) is 17.2 Å². The summed E-state index contributed by atoms with van der Waals surface area (Å²) >= 11 is 0. The number of aliphatic hydroxyl groups is 1. The number of nitrogens with zero attached hydrogens (tertiary/aromatic N) is 2. The second-order valence-corrected chi connectivity index (χ2v) is 9.52. The Morgan fingerprint density at radius 2 is 1.59 bits per heavy atom. The Morgan fingerprint density at radius 3 is 2.18 bits per heavy atom. The lowest BCUT2D eigenvalue weighted by molar-refractivity contribution is -0.132. The second-order valence-electron chi connectivity index (χ2n) is 9.52. The van der Waals surface area contributed by atoms with Gasteiger partial charge in [-0.3, -0.25) is 14.5 Å². The molecule has 1 unspecified atom stereocenters. The minimum Gasteiger partial charge on any atom is -0.507 e. The maximum absolute atomic E-state index is 13.5. The molecule has 1 heterocycles. The molecule has 39 heavy (non-hydrogen) atoms. The van der Waals surface area contributed by atoms with Crippen LogP contribution >= 0.6 is 0 Å². The molecule has 1 fully saturated rings. The normalized spacial score (nSPS) is 16.4. The van der Waals surface area contributed by atoms with Gasteiger partial charge in [0, 0.05) is 31.0 Å². The van der Waals surface area contributed by atoms with Gasteiger partial charge in [0.25, 0.3) is 11.7 Å². The number of benzene rings is 3. The van der Waals surface area contributed by atoms with E-state index in [0.29, 0.717) is 40.7 Å². The van der Waals surface area contributed by atoms with Crippen molar-refractivity contribution in [3.63, 3.8) is 0 Å². The van der Waals surface area contributed by atoms with E-state index in [4.69, 9.17) is 14.2 Å². The zero-order chi connectivity index (χ0) is 28.3. The zero-order valence-electron chi connectivity index (χ0n) is 23.1. The minimum absolute atomic E-state index is 0.00877. The van der Waals surface area contributed by atoms with Crippen LogP contribution in [-0.2, 0) is 9.59 Å². The van der Waals surface area contributed by atoms with Gasteiger partial charge in [-0.1, -0.05) is 13.0 Å². The molecule has 204 valence electrons. The summed E-state index contributed by atoms with van der Waals surface area (Å²) in [6.45, 7) is 4.47. The highest BCUT2D eigenvalue weighted by molar-refractivity contribution is 6.51. The smallest absolute Gasteiger partial charge is 0.300 e. The average Bonchev–Trinajstić information content (AvgIpc) is 3.21. The molecule has 0 aromatic heterocycles. The Balaban J connectivity index is 1.90. The highest BCUT2D eigenvalue weighted by Crippen LogP contribution is 2.44. The van der Waals surface area contributed by atoms with Crippen molar-refractivity contribution in [1.29, 1.82) is 0 Å². The van der Waals surface area contributed by atoms with Crippen LogP contribution in [0.15, 0.2) is 66.2 Å². The fraction of sp³-hybridized carbons (Fsp3) is 0.290. The molecule has 0 spiro atoms. The Morgan fingerprint density at radius 1 is 0.923 bits per heavy atom. The summed E-state index contributed by atoms with van der Waals surface area (Å²) in [6.07, 6.45) is 0.867. The van der Waals surface area contributed by atoms with E-state index < -0.39 is 17.7 Å². The number of anilines is 2. The molecular formula is C31H34N2O6. The Labute approximate surface area is 229 Å². The van der Waals surface area contributed by atoms with Crippen LogP contribution in [0, 0.1) is 6.92 Å². The van der Waals surface area contributed by atoms with E-state index in [9.17, 15) is 14.7 Å². The topological polar surface area (TPSA) is 88.5 Å². The van der Waals surface area contributed by atoms with E-state index in [1.165, 1.54) is 19.1 Å². The molecule has 8 nitrogen and oxygen atoms in total. The summed E-state index contributed by atoms with van der Waals surface area (Å²) in [5, 5.41) is 11.5. The quantitative estimate of drug-likeness (QED) is 0.222. The number of amides is 1. The summed E-state index contributed by atoms with van der Waals surface area (Å²) < 4.78 is 16.7. The first-order valence-electron chi connectivity index (χ1n) is 12.8. The van der Waals surface area contributed by atoms with Crippen molar-refractivity contribution >= 4 is 28.8 Å². The fourth-order valence-corrected chi connectivity index (χ4v) is 4.67. The van der Waals surface area contributed by atoms with Crippen molar-refractivity contribution in [3.05, 3.63) is 82.9 Å². The standard InChI is InChI=1S/C31H34N2O6/c1-7-16-39-24-14-9-21(17-19(24)2)29(34)27-28(20-8-15-25(37-5)26(18-20)38-6)33(31(36)30(27)35)23-12-10-22(11-13-23)32(3)4/h8-15,17-18,28,34H,7,16H2,1-6H3/b29-27-. The molecule has 1 aliphatic rings. The molecule has 0 aliphatic carbocycles. The van der Waals surface area contributed by atoms with Gasteiger partial charge in [-0.15, -0.1) is 0 Å². The highest BCUT2D eigenvalue weighted by atomic mass is 16.5. The molecule has 0 bridgehead atoms. The van der Waals surface area contributed by atoms with Gasteiger partial charge < -0.3 is 24.2 Å². The van der Waals surface area contributed by atoms with Crippen LogP contribution in [0.25, 0.3) is 5.76 Å². The maximum Gasteiger partial charge on any atom is 0.300 e. The molecule has 1 amide bonds. The van der Waals surface area contributed by atoms with Crippen molar-refractivity contribution in [2.75, 3.05) is 44.7 Å². The van der Waals surface area contributed by atoms with Gasteiger partial charge in [0.2, 0.25) is 0 Å². The molecule has 3 aromatic rings. The van der Waals surface area contributed by atoms with Gasteiger partial charge in [0.05, 0.1) is 32.4 Å². The Kier molecular flexibility index (Phi) is 8.14. The molecule has 4 rings (SSSR count). The zero-order valence-corrected chi connectivity index (χ0v) is 23.1. The van der Waals surface area contributed by atoms with Gasteiger partial charge in [-0.25, -0.2) is 0 Å². The maximum atomic E-state index is 13.5. The van der Waals surface area contributed by atoms with Gasteiger partial charge >= 0.3 is 0 Å². The predicted octanol–water partition coefficient (Wildman–Crippen LogP) is 5.49. The van der Waals surface area contributed by atoms with E-state index in [-0.39, 0.29) is 11.3 Å². The minimum atomic E-state index is -0.897. The lowest BCUT2D eigenvalue weighted by Gasteiger charge is -2.26. The highest BCUT2D eigenvalue weighted by Gasteiger charge is 2.47. The second kappa shape index (κ2) is 11.5. The summed E-state index contributed by atoms with van der Waals surface area (Å²) in [5.74, 6) is -0.109. The van der Waals surface area contributed by atoms with Gasteiger partial charge in [-0.2, -0.15) is 0 Å². The molecule has 0 saturated carbocycles. The number of ether oxygens (including phenoxy) is 3. The van der Waals surface area contributed by atoms with Crippen molar-refractivity contribution in [2.24, 2.45) is 0 Å². The Bertz CT molecular complexity index is 1410. The largest absolute Gasteiger partial charge is 0.507 e. The van der Waals surface area contributed by atoms with Crippen LogP contribution in [0.2, 0.25) is 0 Å². The molecule has 1 aliphatic heterocycles. The molecule has 3 aromatic carbocycles. The first kappa shape index (κ1) is 27.6. The van der Waals surface area contributed by atoms with Crippen LogP contribution in [-0.4, -0.2) is 51.7 Å². The van der Waals surface area contributed by atoms with Gasteiger partial charge in [0.1, 0.15) is 11.5 Å². The van der Waals surface area contributed by atoms with Crippen LogP contribution in [0.1, 0.15) is 36.1 Å². The fourth-order valence-electron chi connectivity index (χ4n) is 4.67. The van der Waals surface area contributed by atoms with Gasteiger partial charge in [-0.05, 0) is 79.1 Å². The van der Waals surface area contributed by atoms with Crippen molar-refractivity contribution in [1.82, 2.24) is 0 Å². The number of hydrogen-bond donors (Lipinski definition) is 1. The van der Waals surface area contributed by atoms with Crippen LogP contribution in [0.3, 0.4) is 0 Å². The van der Waals surface area contributed by atoms with Crippen molar-refractivity contribution < 1.29 is 28.9 Å². The summed E-state index contributed by atoms with van der Waals surface area (Å²) in [7, 11) is 6.90. The first-order valence-corrected chi connectivity index (χ1v) is 12.8. The third kappa shape index (κ3) is 5.27. The monoisotopic (exact) mass is 530 g/mol. The summed E-state index contributed by atoms with van der Waals surface area (Å²) in [5.41, 5.74) is 3.28. The lowest BCUT2D eigenvalue weighted by Crippen LogP contribution is -2.29. The third-order valence-electron chi connectivity index (χ3n) is 6.72. The van der Waals surface area contributed by atoms with Crippen molar-refractivity contribution in [2.45, 2.75) is 26.3 Å². The molecule has 1 N–H and O–H groups in total. The van der Waals surface area contributed by atoms with Crippen LogP contribution in [0.4, 0.5) is 11.4 Å². The number of aliphatic hydroxyl groups excluding tert-OH is 1. The van der Waals surface area contributed by atoms with E-state index in [1.54, 1.807) is 48.5 Å². The van der Waals surface area contributed by atoms with E-state index in [1.807, 2.05) is 45.0 Å². The predicted molar refractivity (Wildman–Crippen MR) is 152 cm³/mol. The number of hydrogen-bond acceptors (Lipinski definition) is 7.